The van der Waals surface area contributed by atoms with Crippen LogP contribution >= 0.6 is 0 Å². The molecule has 0 fully saturated rings. The Morgan fingerprint density at radius 3 is 2.92 bits per heavy atom. The zero-order chi connectivity index (χ0) is 18.2. The smallest absolute Gasteiger partial charge is 0.309 e. The molecule has 0 saturated carbocycles. The average molecular weight is 354 g/mol. The summed E-state index contributed by atoms with van der Waals surface area (Å²) < 4.78 is 10.7. The highest BCUT2D eigenvalue weighted by molar-refractivity contribution is 5.72. The van der Waals surface area contributed by atoms with E-state index in [4.69, 9.17) is 9.47 Å². The van der Waals surface area contributed by atoms with Crippen molar-refractivity contribution in [3.05, 3.63) is 59.2 Å². The zero-order valence-electron chi connectivity index (χ0n) is 15.2. The van der Waals surface area contributed by atoms with Crippen LogP contribution in [0.2, 0.25) is 0 Å². The maximum absolute atomic E-state index is 11.4. The molecule has 5 nitrogen and oxygen atoms in total. The number of hydrogen-bond donors (Lipinski definition) is 2. The number of nitrogens with one attached hydrogen (secondary N) is 2. The molecular formula is C21H26N2O3. The maximum atomic E-state index is 11.4. The molecule has 0 saturated heterocycles. The fraction of sp³-hybridized carbons (Fsp3) is 0.381. The molecule has 5 heteroatoms. The zero-order valence-corrected chi connectivity index (χ0v) is 15.2. The van der Waals surface area contributed by atoms with Gasteiger partial charge >= 0.3 is 5.97 Å². The third-order valence-electron chi connectivity index (χ3n) is 4.47. The number of ether oxygens (including phenoxy) is 2. The number of anilines is 1. The second kappa shape index (κ2) is 9.25. The molecule has 1 aliphatic heterocycles. The van der Waals surface area contributed by atoms with Crippen molar-refractivity contribution in [1.29, 1.82) is 0 Å². The van der Waals surface area contributed by atoms with Crippen LogP contribution < -0.4 is 15.4 Å². The van der Waals surface area contributed by atoms with Gasteiger partial charge in [0, 0.05) is 19.6 Å². The van der Waals surface area contributed by atoms with Crippen molar-refractivity contribution >= 4 is 11.7 Å². The van der Waals surface area contributed by atoms with Crippen LogP contribution in [0.1, 0.15) is 23.1 Å². The summed E-state index contributed by atoms with van der Waals surface area (Å²) in [6.07, 6.45) is 2.59. The van der Waals surface area contributed by atoms with Gasteiger partial charge in [-0.2, -0.15) is 0 Å². The molecule has 2 aromatic rings. The quantitative estimate of drug-likeness (QED) is 0.564. The molecule has 1 aliphatic rings. The molecule has 1 heterocycles. The van der Waals surface area contributed by atoms with E-state index in [0.717, 1.165) is 48.6 Å². The summed E-state index contributed by atoms with van der Waals surface area (Å²) in [5.74, 6) is 0.715. The highest BCUT2D eigenvalue weighted by Crippen LogP contribution is 2.31. The van der Waals surface area contributed by atoms with E-state index in [-0.39, 0.29) is 5.97 Å². The highest BCUT2D eigenvalue weighted by Gasteiger charge is 2.12. The van der Waals surface area contributed by atoms with Crippen molar-refractivity contribution in [1.82, 2.24) is 5.32 Å². The highest BCUT2D eigenvalue weighted by atomic mass is 16.5. The maximum Gasteiger partial charge on any atom is 0.309 e. The predicted molar refractivity (Wildman–Crippen MR) is 103 cm³/mol. The van der Waals surface area contributed by atoms with Gasteiger partial charge in [0.2, 0.25) is 0 Å². The number of carbonyl (C=O) groups is 1. The first-order valence-electron chi connectivity index (χ1n) is 9.10. The van der Waals surface area contributed by atoms with E-state index in [9.17, 15) is 4.79 Å². The molecule has 0 aromatic heterocycles. The van der Waals surface area contributed by atoms with Gasteiger partial charge in [0.1, 0.15) is 12.4 Å². The number of rotatable bonds is 8. The largest absolute Gasteiger partial charge is 0.490 e. The summed E-state index contributed by atoms with van der Waals surface area (Å²) in [5.41, 5.74) is 4.60. The molecule has 0 spiro atoms. The Kier molecular flexibility index (Phi) is 6.50. The Bertz CT molecular complexity index is 746. The Labute approximate surface area is 154 Å². The minimum absolute atomic E-state index is 0.219. The van der Waals surface area contributed by atoms with Gasteiger partial charge in [-0.3, -0.25) is 4.79 Å². The van der Waals surface area contributed by atoms with Crippen LogP contribution in [-0.2, 0) is 28.9 Å². The molecule has 2 aromatic carbocycles. The lowest BCUT2D eigenvalue weighted by atomic mass is 10.0. The Morgan fingerprint density at radius 1 is 1.19 bits per heavy atom. The fourth-order valence-electron chi connectivity index (χ4n) is 3.15. The summed E-state index contributed by atoms with van der Waals surface area (Å²) in [6.45, 7) is 3.11. The number of esters is 1. The van der Waals surface area contributed by atoms with E-state index in [2.05, 4.69) is 22.8 Å². The molecule has 26 heavy (non-hydrogen) atoms. The van der Waals surface area contributed by atoms with Gasteiger partial charge in [-0.05, 0) is 35.6 Å². The number of hydrogen-bond acceptors (Lipinski definition) is 5. The minimum atomic E-state index is -0.219. The van der Waals surface area contributed by atoms with E-state index < -0.39 is 0 Å². The standard InChI is InChI=1S/C21H26N2O3/c1-25-20(24)14-16-5-2-6-17(13-16)15-22-11-12-26-19-9-3-7-18-8-4-10-23-21(18)19/h2-3,5-7,9,13,22-23H,4,8,10-12,14-15H2,1H3. The first-order valence-corrected chi connectivity index (χ1v) is 9.10. The second-order valence-corrected chi connectivity index (χ2v) is 6.42. The summed E-state index contributed by atoms with van der Waals surface area (Å²) >= 11 is 0. The van der Waals surface area contributed by atoms with E-state index in [1.54, 1.807) is 0 Å². The van der Waals surface area contributed by atoms with Crippen molar-refractivity contribution < 1.29 is 14.3 Å². The lowest BCUT2D eigenvalue weighted by Crippen LogP contribution is -2.21. The van der Waals surface area contributed by atoms with Crippen LogP contribution in [0.3, 0.4) is 0 Å². The van der Waals surface area contributed by atoms with Gasteiger partial charge in [0.15, 0.2) is 0 Å². The van der Waals surface area contributed by atoms with Gasteiger partial charge in [-0.15, -0.1) is 0 Å². The van der Waals surface area contributed by atoms with Crippen LogP contribution in [0.25, 0.3) is 0 Å². The third kappa shape index (κ3) is 4.99. The molecule has 3 rings (SSSR count). The van der Waals surface area contributed by atoms with E-state index in [0.29, 0.717) is 13.0 Å². The van der Waals surface area contributed by atoms with E-state index in [1.807, 2.05) is 30.3 Å². The van der Waals surface area contributed by atoms with Crippen molar-refractivity contribution in [2.24, 2.45) is 0 Å². The minimum Gasteiger partial charge on any atom is -0.490 e. The van der Waals surface area contributed by atoms with Gasteiger partial charge in [-0.1, -0.05) is 36.4 Å². The van der Waals surface area contributed by atoms with Crippen LogP contribution in [0, 0.1) is 0 Å². The molecule has 2 N–H and O–H groups in total. The van der Waals surface area contributed by atoms with Gasteiger partial charge in [-0.25, -0.2) is 0 Å². The number of fused-ring (bicyclic) bond motifs is 1. The van der Waals surface area contributed by atoms with Crippen LogP contribution in [-0.4, -0.2) is 32.8 Å². The van der Waals surface area contributed by atoms with Gasteiger partial charge in [0.05, 0.1) is 19.2 Å². The number of para-hydroxylation sites is 1. The van der Waals surface area contributed by atoms with Crippen molar-refractivity contribution in [3.8, 4) is 5.75 Å². The number of aryl methyl sites for hydroxylation is 1. The second-order valence-electron chi connectivity index (χ2n) is 6.42. The summed E-state index contributed by atoms with van der Waals surface area (Å²) in [4.78, 5) is 11.4. The molecule has 0 amide bonds. The first kappa shape index (κ1) is 18.3. The average Bonchev–Trinajstić information content (AvgIpc) is 2.68. The van der Waals surface area contributed by atoms with E-state index in [1.165, 1.54) is 19.1 Å². The van der Waals surface area contributed by atoms with Crippen molar-refractivity contribution in [2.75, 3.05) is 32.1 Å². The summed E-state index contributed by atoms with van der Waals surface area (Å²) in [5, 5.41) is 6.83. The Hall–Kier alpha value is -2.53. The normalized spacial score (nSPS) is 12.8. The lowest BCUT2D eigenvalue weighted by Gasteiger charge is -2.21. The monoisotopic (exact) mass is 354 g/mol. The Balaban J connectivity index is 1.44. The summed E-state index contributed by atoms with van der Waals surface area (Å²) in [7, 11) is 1.41. The number of methoxy groups -OCH3 is 1. The molecule has 0 unspecified atom stereocenters. The topological polar surface area (TPSA) is 59.6 Å². The molecule has 0 radical (unpaired) electrons. The van der Waals surface area contributed by atoms with Crippen LogP contribution in [0.15, 0.2) is 42.5 Å². The fourth-order valence-corrected chi connectivity index (χ4v) is 3.15. The van der Waals surface area contributed by atoms with E-state index >= 15 is 0 Å². The van der Waals surface area contributed by atoms with Crippen LogP contribution in [0.5, 0.6) is 5.75 Å². The Morgan fingerprint density at radius 2 is 2.04 bits per heavy atom. The molecule has 0 aliphatic carbocycles. The number of carbonyl (C=O) groups excluding carboxylic acids is 1. The van der Waals surface area contributed by atoms with Crippen molar-refractivity contribution in [2.45, 2.75) is 25.8 Å². The third-order valence-corrected chi connectivity index (χ3v) is 4.47. The lowest BCUT2D eigenvalue weighted by molar-refractivity contribution is -0.139. The van der Waals surface area contributed by atoms with Crippen LogP contribution in [0.4, 0.5) is 5.69 Å². The molecular weight excluding hydrogens is 328 g/mol. The SMILES string of the molecule is COC(=O)Cc1cccc(CNCCOc2cccc3c2NCCC3)c1. The molecule has 0 atom stereocenters. The van der Waals surface area contributed by atoms with Crippen molar-refractivity contribution in [3.63, 3.8) is 0 Å². The first-order chi connectivity index (χ1) is 12.8. The van der Waals surface area contributed by atoms with Gasteiger partial charge in [0.25, 0.3) is 0 Å². The van der Waals surface area contributed by atoms with Gasteiger partial charge < -0.3 is 20.1 Å². The summed E-state index contributed by atoms with van der Waals surface area (Å²) in [6, 6.07) is 14.2. The molecule has 138 valence electrons. The molecule has 0 bridgehead atoms. The predicted octanol–water partition coefficient (Wildman–Crippen LogP) is 2.93. The number of benzene rings is 2.